The number of rotatable bonds is 5. The third-order valence-electron chi connectivity index (χ3n) is 3.77. The van der Waals surface area contributed by atoms with Crippen molar-refractivity contribution in [2.24, 2.45) is 11.8 Å². The Morgan fingerprint density at radius 1 is 1.33 bits per heavy atom. The molecule has 1 heterocycles. The molecule has 1 fully saturated rings. The molecule has 0 N–H and O–H groups in total. The first-order valence-electron chi connectivity index (χ1n) is 6.16. The predicted octanol–water partition coefficient (Wildman–Crippen LogP) is 3.50. The highest BCUT2D eigenvalue weighted by Crippen LogP contribution is 2.28. The summed E-state index contributed by atoms with van der Waals surface area (Å²) in [5.41, 5.74) is 0. The van der Waals surface area contributed by atoms with Gasteiger partial charge in [-0.15, -0.1) is 0 Å². The van der Waals surface area contributed by atoms with E-state index in [4.69, 9.17) is 3.07 Å². The van der Waals surface area contributed by atoms with Gasteiger partial charge in [0.15, 0.2) is 0 Å². The van der Waals surface area contributed by atoms with Gasteiger partial charge >= 0.3 is 0 Å². The molecule has 1 saturated heterocycles. The molecule has 0 radical (unpaired) electrons. The molecule has 0 aliphatic carbocycles. The van der Waals surface area contributed by atoms with Crippen LogP contribution in [0.1, 0.15) is 40.0 Å². The summed E-state index contributed by atoms with van der Waals surface area (Å²) >= 11 is 2.03. The van der Waals surface area contributed by atoms with Crippen LogP contribution in [0.3, 0.4) is 0 Å². The van der Waals surface area contributed by atoms with Crippen molar-refractivity contribution in [1.29, 1.82) is 0 Å². The van der Waals surface area contributed by atoms with E-state index in [0.29, 0.717) is 6.04 Å². The highest BCUT2D eigenvalue weighted by molar-refractivity contribution is 14.1. The van der Waals surface area contributed by atoms with Gasteiger partial charge < -0.3 is 7.97 Å². The molecule has 0 spiro atoms. The first-order chi connectivity index (χ1) is 7.19. The van der Waals surface area contributed by atoms with Crippen molar-refractivity contribution in [3.05, 3.63) is 0 Å². The van der Waals surface area contributed by atoms with Crippen LogP contribution in [0.15, 0.2) is 0 Å². The quantitative estimate of drug-likeness (QED) is 0.718. The number of hydrogen-bond acceptors (Lipinski definition) is 2. The molecule has 1 aliphatic heterocycles. The fourth-order valence-corrected chi connectivity index (χ4v) is 3.04. The molecular formula is C12H24INO. The van der Waals surface area contributed by atoms with Crippen LogP contribution >= 0.6 is 23.0 Å². The van der Waals surface area contributed by atoms with Crippen molar-refractivity contribution in [2.45, 2.75) is 46.1 Å². The highest BCUT2D eigenvalue weighted by atomic mass is 127. The summed E-state index contributed by atoms with van der Waals surface area (Å²) < 4.78 is 5.28. The Morgan fingerprint density at radius 2 is 1.93 bits per heavy atom. The summed E-state index contributed by atoms with van der Waals surface area (Å²) in [5.74, 6) is 1.66. The van der Waals surface area contributed by atoms with E-state index in [1.165, 1.54) is 32.4 Å². The van der Waals surface area contributed by atoms with E-state index in [0.717, 1.165) is 18.4 Å². The highest BCUT2D eigenvalue weighted by Gasteiger charge is 2.26. The lowest BCUT2D eigenvalue weighted by Crippen LogP contribution is -2.40. The van der Waals surface area contributed by atoms with Crippen LogP contribution in [0.2, 0.25) is 0 Å². The summed E-state index contributed by atoms with van der Waals surface area (Å²) in [5, 5.41) is 0. The second-order valence-electron chi connectivity index (χ2n) is 4.91. The lowest BCUT2D eigenvalue weighted by Gasteiger charge is -2.37. The first kappa shape index (κ1) is 13.7. The number of likely N-dealkylation sites (tertiary alicyclic amines) is 1. The van der Waals surface area contributed by atoms with Gasteiger partial charge in [-0.05, 0) is 51.6 Å². The van der Waals surface area contributed by atoms with Gasteiger partial charge in [-0.2, -0.15) is 0 Å². The van der Waals surface area contributed by atoms with E-state index in [2.05, 4.69) is 25.7 Å². The van der Waals surface area contributed by atoms with Crippen molar-refractivity contribution >= 4 is 23.0 Å². The van der Waals surface area contributed by atoms with E-state index in [-0.39, 0.29) is 0 Å². The van der Waals surface area contributed by atoms with Crippen molar-refractivity contribution in [3.63, 3.8) is 0 Å². The molecular weight excluding hydrogens is 301 g/mol. The maximum Gasteiger partial charge on any atom is 0.109 e. The molecule has 15 heavy (non-hydrogen) atoms. The second-order valence-corrected chi connectivity index (χ2v) is 5.53. The summed E-state index contributed by atoms with van der Waals surface area (Å²) in [7, 11) is 0. The minimum atomic E-state index is 0.715. The van der Waals surface area contributed by atoms with Gasteiger partial charge in [-0.1, -0.05) is 13.3 Å². The molecule has 2 nitrogen and oxygen atoms in total. The molecule has 1 unspecified atom stereocenters. The van der Waals surface area contributed by atoms with Crippen molar-refractivity contribution < 1.29 is 3.07 Å². The predicted molar refractivity (Wildman–Crippen MR) is 73.2 cm³/mol. The lowest BCUT2D eigenvalue weighted by atomic mass is 9.83. The molecule has 0 amide bonds. The fourth-order valence-electron chi connectivity index (χ4n) is 2.58. The zero-order valence-electron chi connectivity index (χ0n) is 10.2. The van der Waals surface area contributed by atoms with Gasteiger partial charge in [0.05, 0.1) is 6.61 Å². The van der Waals surface area contributed by atoms with Gasteiger partial charge in [0.2, 0.25) is 0 Å². The number of halogens is 1. The van der Waals surface area contributed by atoms with Crippen LogP contribution in [0, 0.1) is 11.8 Å². The van der Waals surface area contributed by atoms with Crippen molar-refractivity contribution in [2.75, 3.05) is 19.7 Å². The smallest absolute Gasteiger partial charge is 0.109 e. The molecule has 1 aliphatic rings. The Balaban J connectivity index is 2.35. The van der Waals surface area contributed by atoms with Crippen LogP contribution in [0.25, 0.3) is 0 Å². The second kappa shape index (κ2) is 7.07. The minimum absolute atomic E-state index is 0.715. The van der Waals surface area contributed by atoms with Crippen LogP contribution < -0.4 is 0 Å². The third kappa shape index (κ3) is 4.19. The molecule has 3 heteroatoms. The zero-order chi connectivity index (χ0) is 11.3. The summed E-state index contributed by atoms with van der Waals surface area (Å²) in [6, 6.07) is 0.715. The van der Waals surface area contributed by atoms with Gasteiger partial charge in [0.25, 0.3) is 0 Å². The average Bonchev–Trinajstić information content (AvgIpc) is 2.26. The molecule has 1 atom stereocenters. The van der Waals surface area contributed by atoms with E-state index in [1.54, 1.807) is 0 Å². The zero-order valence-corrected chi connectivity index (χ0v) is 12.4. The Bertz CT molecular complexity index is 167. The topological polar surface area (TPSA) is 12.5 Å². The normalized spacial score (nSPS) is 22.2. The Kier molecular flexibility index (Phi) is 6.46. The number of hydrogen-bond donors (Lipinski definition) is 0. The van der Waals surface area contributed by atoms with E-state index in [9.17, 15) is 0 Å². The fraction of sp³-hybridized carbons (Fsp3) is 1.00. The minimum Gasteiger partial charge on any atom is -0.316 e. The van der Waals surface area contributed by atoms with Gasteiger partial charge in [0.1, 0.15) is 23.0 Å². The van der Waals surface area contributed by atoms with Crippen molar-refractivity contribution in [1.82, 2.24) is 4.90 Å². The monoisotopic (exact) mass is 325 g/mol. The van der Waals surface area contributed by atoms with E-state index >= 15 is 0 Å². The Labute approximate surface area is 108 Å². The van der Waals surface area contributed by atoms with Crippen LogP contribution in [0.4, 0.5) is 0 Å². The molecule has 0 aromatic carbocycles. The summed E-state index contributed by atoms with van der Waals surface area (Å²) in [6.07, 6.45) is 3.97. The molecule has 0 bridgehead atoms. The van der Waals surface area contributed by atoms with Crippen molar-refractivity contribution in [3.8, 4) is 0 Å². The maximum absolute atomic E-state index is 5.28. The van der Waals surface area contributed by atoms with Crippen LogP contribution in [-0.4, -0.2) is 30.6 Å². The Hall–Kier alpha value is 0.650. The largest absolute Gasteiger partial charge is 0.316 e. The first-order valence-corrected chi connectivity index (χ1v) is 7.04. The third-order valence-corrected chi connectivity index (χ3v) is 4.13. The molecule has 0 aromatic heterocycles. The lowest BCUT2D eigenvalue weighted by molar-refractivity contribution is 0.105. The molecule has 0 aromatic rings. The maximum atomic E-state index is 5.28. The number of piperidine rings is 1. The van der Waals surface area contributed by atoms with E-state index < -0.39 is 0 Å². The SMILES string of the molecule is CCC(COI)C1CCN(C(C)C)CC1. The average molecular weight is 325 g/mol. The van der Waals surface area contributed by atoms with Crippen LogP contribution in [0.5, 0.6) is 0 Å². The number of nitrogens with zero attached hydrogens (tertiary/aromatic N) is 1. The van der Waals surface area contributed by atoms with Gasteiger partial charge in [-0.3, -0.25) is 0 Å². The van der Waals surface area contributed by atoms with Gasteiger partial charge in [0, 0.05) is 6.04 Å². The Morgan fingerprint density at radius 3 is 2.33 bits per heavy atom. The van der Waals surface area contributed by atoms with Gasteiger partial charge in [-0.25, -0.2) is 0 Å². The van der Waals surface area contributed by atoms with E-state index in [1.807, 2.05) is 23.0 Å². The standard InChI is InChI=1S/C12H24INO/c1-4-11(9-15-13)12-5-7-14(8-6-12)10(2)3/h10-12H,4-9H2,1-3H3. The molecule has 0 saturated carbocycles. The van der Waals surface area contributed by atoms with Crippen LogP contribution in [-0.2, 0) is 3.07 Å². The summed E-state index contributed by atoms with van der Waals surface area (Å²) in [4.78, 5) is 2.59. The molecule has 1 rings (SSSR count). The summed E-state index contributed by atoms with van der Waals surface area (Å²) in [6.45, 7) is 10.4. The molecule has 90 valence electrons.